The molecule has 1 saturated carbocycles. The van der Waals surface area contributed by atoms with Gasteiger partial charge in [-0.15, -0.1) is 0 Å². The summed E-state index contributed by atoms with van der Waals surface area (Å²) in [6.45, 7) is 7.09. The van der Waals surface area contributed by atoms with Crippen LogP contribution in [0.25, 0.3) is 0 Å². The highest BCUT2D eigenvalue weighted by atomic mass is 19.1. The molecular weight excluding hydrogens is 251 g/mol. The molecule has 20 heavy (non-hydrogen) atoms. The van der Waals surface area contributed by atoms with Crippen LogP contribution in [0.5, 0.6) is 0 Å². The van der Waals surface area contributed by atoms with Crippen LogP contribution < -0.4 is 5.32 Å². The first kappa shape index (κ1) is 14.0. The number of benzene rings is 1. The number of halogens is 1. The quantitative estimate of drug-likeness (QED) is 0.889. The van der Waals surface area contributed by atoms with Gasteiger partial charge in [-0.05, 0) is 68.4 Å². The molecule has 2 aliphatic rings. The van der Waals surface area contributed by atoms with Gasteiger partial charge in [-0.3, -0.25) is 0 Å². The van der Waals surface area contributed by atoms with E-state index in [1.807, 2.05) is 6.07 Å². The number of likely N-dealkylation sites (tertiary alicyclic amines) is 1. The zero-order chi connectivity index (χ0) is 13.9. The molecular formula is C17H25FN2. The zero-order valence-electron chi connectivity index (χ0n) is 12.3. The van der Waals surface area contributed by atoms with Gasteiger partial charge in [0.2, 0.25) is 0 Å². The van der Waals surface area contributed by atoms with Gasteiger partial charge in [0.15, 0.2) is 0 Å². The monoisotopic (exact) mass is 276 g/mol. The fourth-order valence-corrected chi connectivity index (χ4v) is 3.52. The first-order valence-corrected chi connectivity index (χ1v) is 7.95. The lowest BCUT2D eigenvalue weighted by molar-refractivity contribution is 0.271. The van der Waals surface area contributed by atoms with Gasteiger partial charge in [0.25, 0.3) is 0 Å². The number of nitrogens with zero attached hydrogens (tertiary/aromatic N) is 1. The number of nitrogens with one attached hydrogen (secondary N) is 1. The van der Waals surface area contributed by atoms with Crippen molar-refractivity contribution in [3.63, 3.8) is 0 Å². The van der Waals surface area contributed by atoms with Crippen molar-refractivity contribution in [1.29, 1.82) is 0 Å². The molecule has 2 nitrogen and oxygen atoms in total. The summed E-state index contributed by atoms with van der Waals surface area (Å²) in [4.78, 5) is 2.53. The Morgan fingerprint density at radius 2 is 2.20 bits per heavy atom. The molecule has 0 spiro atoms. The molecule has 1 unspecified atom stereocenters. The van der Waals surface area contributed by atoms with Crippen LogP contribution >= 0.6 is 0 Å². The van der Waals surface area contributed by atoms with Crippen molar-refractivity contribution in [3.8, 4) is 0 Å². The minimum absolute atomic E-state index is 0.107. The van der Waals surface area contributed by atoms with Crippen LogP contribution in [0.3, 0.4) is 0 Å². The highest BCUT2D eigenvalue weighted by Crippen LogP contribution is 2.37. The lowest BCUT2D eigenvalue weighted by atomic mass is 9.75. The first-order chi connectivity index (χ1) is 9.74. The van der Waals surface area contributed by atoms with Crippen LogP contribution in [0, 0.1) is 11.7 Å². The molecule has 110 valence electrons. The lowest BCUT2D eigenvalue weighted by Gasteiger charge is -2.37. The topological polar surface area (TPSA) is 15.3 Å². The molecule has 1 aromatic carbocycles. The van der Waals surface area contributed by atoms with Crippen molar-refractivity contribution in [2.24, 2.45) is 5.92 Å². The third-order valence-corrected chi connectivity index (χ3v) is 4.97. The molecule has 1 heterocycles. The Bertz CT molecular complexity index is 442. The second-order valence-corrected chi connectivity index (χ2v) is 6.38. The predicted molar refractivity (Wildman–Crippen MR) is 80.4 cm³/mol. The maximum Gasteiger partial charge on any atom is 0.123 e. The molecule has 0 radical (unpaired) electrons. The van der Waals surface area contributed by atoms with Gasteiger partial charge >= 0.3 is 0 Å². The zero-order valence-corrected chi connectivity index (χ0v) is 12.3. The summed E-state index contributed by atoms with van der Waals surface area (Å²) >= 11 is 0. The summed E-state index contributed by atoms with van der Waals surface area (Å²) in [5, 5.41) is 3.70. The molecule has 1 N–H and O–H groups in total. The Hall–Kier alpha value is -0.930. The average molecular weight is 276 g/mol. The Balaban J connectivity index is 1.38. The molecule has 3 rings (SSSR count). The van der Waals surface area contributed by atoms with Crippen LogP contribution in [-0.2, 0) is 0 Å². The Labute approximate surface area is 121 Å². The van der Waals surface area contributed by atoms with E-state index < -0.39 is 0 Å². The van der Waals surface area contributed by atoms with Crippen molar-refractivity contribution in [2.75, 3.05) is 26.2 Å². The highest BCUT2D eigenvalue weighted by Gasteiger charge is 2.31. The van der Waals surface area contributed by atoms with E-state index in [4.69, 9.17) is 0 Å². The summed E-state index contributed by atoms with van der Waals surface area (Å²) in [5.41, 5.74) is 1.17. The van der Waals surface area contributed by atoms with E-state index in [1.165, 1.54) is 37.7 Å². The highest BCUT2D eigenvalue weighted by molar-refractivity contribution is 5.23. The predicted octanol–water partition coefficient (Wildman–Crippen LogP) is 3.00. The van der Waals surface area contributed by atoms with Crippen molar-refractivity contribution in [3.05, 3.63) is 35.6 Å². The van der Waals surface area contributed by atoms with E-state index >= 15 is 0 Å². The standard InChI is InChI=1S/C17H25FN2/c1-2-20-7-6-13(12-20)11-19-17-9-15(10-17)14-4-3-5-16(18)8-14/h3-5,8,13,15,17,19H,2,6-7,9-12H2,1H3. The van der Waals surface area contributed by atoms with E-state index in [-0.39, 0.29) is 5.82 Å². The number of rotatable bonds is 5. The number of hydrogen-bond acceptors (Lipinski definition) is 2. The van der Waals surface area contributed by atoms with E-state index in [1.54, 1.807) is 6.07 Å². The average Bonchev–Trinajstić information content (AvgIpc) is 2.85. The van der Waals surface area contributed by atoms with Crippen LogP contribution in [0.1, 0.15) is 37.7 Å². The largest absolute Gasteiger partial charge is 0.314 e. The smallest absolute Gasteiger partial charge is 0.123 e. The molecule has 0 aromatic heterocycles. The minimum atomic E-state index is -0.107. The first-order valence-electron chi connectivity index (χ1n) is 7.95. The van der Waals surface area contributed by atoms with E-state index in [2.05, 4.69) is 23.2 Å². The summed E-state index contributed by atoms with van der Waals surface area (Å²) in [5.74, 6) is 1.27. The van der Waals surface area contributed by atoms with Gasteiger partial charge in [-0.25, -0.2) is 4.39 Å². The van der Waals surface area contributed by atoms with E-state index in [0.717, 1.165) is 25.3 Å². The summed E-state index contributed by atoms with van der Waals surface area (Å²) in [6, 6.07) is 7.73. The maximum absolute atomic E-state index is 13.2. The van der Waals surface area contributed by atoms with E-state index in [0.29, 0.717) is 12.0 Å². The summed E-state index contributed by atoms with van der Waals surface area (Å²) in [7, 11) is 0. The maximum atomic E-state index is 13.2. The van der Waals surface area contributed by atoms with Gasteiger partial charge in [0, 0.05) is 12.6 Å². The van der Waals surface area contributed by atoms with Gasteiger partial charge in [0.1, 0.15) is 5.82 Å². The molecule has 1 aliphatic heterocycles. The molecule has 0 amide bonds. The Morgan fingerprint density at radius 3 is 2.90 bits per heavy atom. The minimum Gasteiger partial charge on any atom is -0.314 e. The fraction of sp³-hybridized carbons (Fsp3) is 0.647. The molecule has 1 aromatic rings. The third kappa shape index (κ3) is 3.21. The van der Waals surface area contributed by atoms with Crippen LogP contribution in [0.2, 0.25) is 0 Å². The normalized spacial score (nSPS) is 30.4. The van der Waals surface area contributed by atoms with Crippen LogP contribution in [0.4, 0.5) is 4.39 Å². The number of hydrogen-bond donors (Lipinski definition) is 1. The van der Waals surface area contributed by atoms with Gasteiger partial charge in [-0.1, -0.05) is 19.1 Å². The fourth-order valence-electron chi connectivity index (χ4n) is 3.52. The van der Waals surface area contributed by atoms with Gasteiger partial charge < -0.3 is 10.2 Å². The van der Waals surface area contributed by atoms with Crippen molar-refractivity contribution in [1.82, 2.24) is 10.2 Å². The second kappa shape index (κ2) is 6.23. The molecule has 1 atom stereocenters. The summed E-state index contributed by atoms with van der Waals surface area (Å²) < 4.78 is 13.2. The Morgan fingerprint density at radius 1 is 1.35 bits per heavy atom. The summed E-state index contributed by atoms with van der Waals surface area (Å²) in [6.07, 6.45) is 3.65. The molecule has 1 aliphatic carbocycles. The van der Waals surface area contributed by atoms with Crippen molar-refractivity contribution < 1.29 is 4.39 Å². The van der Waals surface area contributed by atoms with Gasteiger partial charge in [-0.2, -0.15) is 0 Å². The van der Waals surface area contributed by atoms with Gasteiger partial charge in [0.05, 0.1) is 0 Å². The van der Waals surface area contributed by atoms with Crippen molar-refractivity contribution >= 4 is 0 Å². The third-order valence-electron chi connectivity index (χ3n) is 4.97. The lowest BCUT2D eigenvalue weighted by Crippen LogP contribution is -2.42. The van der Waals surface area contributed by atoms with Crippen LogP contribution in [0.15, 0.2) is 24.3 Å². The SMILES string of the molecule is CCN1CCC(CNC2CC(c3cccc(F)c3)C2)C1. The van der Waals surface area contributed by atoms with Crippen molar-refractivity contribution in [2.45, 2.75) is 38.1 Å². The molecule has 3 heteroatoms. The molecule has 0 bridgehead atoms. The van der Waals surface area contributed by atoms with Crippen LogP contribution in [-0.4, -0.2) is 37.1 Å². The Kier molecular flexibility index (Phi) is 4.37. The second-order valence-electron chi connectivity index (χ2n) is 6.38. The van der Waals surface area contributed by atoms with E-state index in [9.17, 15) is 4.39 Å². The molecule has 2 fully saturated rings. The molecule has 1 saturated heterocycles.